The highest BCUT2D eigenvalue weighted by Crippen LogP contribution is 2.38. The van der Waals surface area contributed by atoms with E-state index in [0.717, 1.165) is 24.4 Å². The van der Waals surface area contributed by atoms with E-state index in [-0.39, 0.29) is 17.0 Å². The Morgan fingerprint density at radius 1 is 1.43 bits per heavy atom. The maximum atomic E-state index is 12.3. The number of nitrogens with one attached hydrogen (secondary N) is 1. The fourth-order valence-electron chi connectivity index (χ4n) is 2.50. The van der Waals surface area contributed by atoms with Crippen molar-refractivity contribution in [1.82, 2.24) is 20.0 Å². The normalized spacial score (nSPS) is 14.0. The third-order valence-corrected chi connectivity index (χ3v) is 4.15. The van der Waals surface area contributed by atoms with Gasteiger partial charge in [0.15, 0.2) is 5.82 Å². The molecule has 0 bridgehead atoms. The first-order chi connectivity index (χ1) is 11.0. The van der Waals surface area contributed by atoms with Gasteiger partial charge in [-0.3, -0.25) is 9.59 Å². The van der Waals surface area contributed by atoms with Crippen molar-refractivity contribution in [3.8, 4) is 0 Å². The number of hydrogen-bond donors (Lipinski definition) is 1. The summed E-state index contributed by atoms with van der Waals surface area (Å²) in [6.07, 6.45) is 2.69. The standard InChI is InChI=1S/C16H20N4O3/c1-9-8-10(2)20(3)16(22)13(9)15(21)17-7-6-12-18-14(19-23-12)11-4-5-11/h8,11H,4-7H2,1-3H3,(H,17,21). The molecular weight excluding hydrogens is 296 g/mol. The van der Waals surface area contributed by atoms with Gasteiger partial charge in [0.1, 0.15) is 5.56 Å². The summed E-state index contributed by atoms with van der Waals surface area (Å²) in [5.74, 6) is 1.35. The smallest absolute Gasteiger partial charge is 0.263 e. The number of rotatable bonds is 5. The number of nitrogens with zero attached hydrogens (tertiary/aromatic N) is 3. The van der Waals surface area contributed by atoms with Crippen LogP contribution in [0.5, 0.6) is 0 Å². The largest absolute Gasteiger partial charge is 0.351 e. The Morgan fingerprint density at radius 2 is 2.17 bits per heavy atom. The molecule has 7 heteroatoms. The Labute approximate surface area is 133 Å². The van der Waals surface area contributed by atoms with E-state index in [4.69, 9.17) is 4.52 Å². The van der Waals surface area contributed by atoms with Crippen LogP contribution in [0.4, 0.5) is 0 Å². The lowest BCUT2D eigenvalue weighted by Crippen LogP contribution is -2.35. The van der Waals surface area contributed by atoms with Crippen LogP contribution in [0, 0.1) is 13.8 Å². The van der Waals surface area contributed by atoms with E-state index in [1.807, 2.05) is 13.0 Å². The van der Waals surface area contributed by atoms with Crippen molar-refractivity contribution in [3.05, 3.63) is 45.0 Å². The quantitative estimate of drug-likeness (QED) is 0.896. The van der Waals surface area contributed by atoms with E-state index >= 15 is 0 Å². The van der Waals surface area contributed by atoms with Crippen LogP contribution in [-0.4, -0.2) is 27.2 Å². The van der Waals surface area contributed by atoms with E-state index in [0.29, 0.717) is 30.3 Å². The van der Waals surface area contributed by atoms with Crippen LogP contribution < -0.4 is 10.9 Å². The Balaban J connectivity index is 1.63. The first-order valence-corrected chi connectivity index (χ1v) is 7.75. The van der Waals surface area contributed by atoms with Crippen LogP contribution in [0.25, 0.3) is 0 Å². The highest BCUT2D eigenvalue weighted by molar-refractivity contribution is 5.95. The zero-order chi connectivity index (χ0) is 16.6. The molecule has 23 heavy (non-hydrogen) atoms. The van der Waals surface area contributed by atoms with Crippen LogP contribution in [0.15, 0.2) is 15.4 Å². The summed E-state index contributed by atoms with van der Waals surface area (Å²) in [4.78, 5) is 28.8. The highest BCUT2D eigenvalue weighted by Gasteiger charge is 2.28. The minimum Gasteiger partial charge on any atom is -0.351 e. The summed E-state index contributed by atoms with van der Waals surface area (Å²) < 4.78 is 6.63. The van der Waals surface area contributed by atoms with Gasteiger partial charge in [0.05, 0.1) is 0 Å². The summed E-state index contributed by atoms with van der Waals surface area (Å²) in [6, 6.07) is 1.83. The number of hydrogen-bond acceptors (Lipinski definition) is 5. The Morgan fingerprint density at radius 3 is 2.87 bits per heavy atom. The molecule has 1 saturated carbocycles. The summed E-state index contributed by atoms with van der Waals surface area (Å²) in [6.45, 7) is 3.95. The number of amides is 1. The number of aryl methyl sites for hydroxylation is 2. The predicted octanol–water partition coefficient (Wildman–Crippen LogP) is 1.24. The molecule has 7 nitrogen and oxygen atoms in total. The van der Waals surface area contributed by atoms with E-state index < -0.39 is 0 Å². The molecule has 2 heterocycles. The molecule has 0 saturated heterocycles. The van der Waals surface area contributed by atoms with E-state index in [1.54, 1.807) is 14.0 Å². The topological polar surface area (TPSA) is 90.0 Å². The highest BCUT2D eigenvalue weighted by atomic mass is 16.5. The number of aromatic nitrogens is 3. The van der Waals surface area contributed by atoms with Gasteiger partial charge in [0.25, 0.3) is 11.5 Å². The zero-order valence-electron chi connectivity index (χ0n) is 13.5. The molecule has 0 radical (unpaired) electrons. The van der Waals surface area contributed by atoms with Gasteiger partial charge in [-0.1, -0.05) is 5.16 Å². The Hall–Kier alpha value is -2.44. The first-order valence-electron chi connectivity index (χ1n) is 7.75. The van der Waals surface area contributed by atoms with Gasteiger partial charge in [0, 0.05) is 31.6 Å². The SMILES string of the molecule is Cc1cc(C)n(C)c(=O)c1C(=O)NCCc1nc(C2CC2)no1. The van der Waals surface area contributed by atoms with E-state index in [1.165, 1.54) is 4.57 Å². The van der Waals surface area contributed by atoms with Crippen molar-refractivity contribution >= 4 is 5.91 Å². The molecule has 1 aliphatic carbocycles. The lowest BCUT2D eigenvalue weighted by atomic mass is 10.1. The Kier molecular flexibility index (Phi) is 4.02. The summed E-state index contributed by atoms with van der Waals surface area (Å²) in [5.41, 5.74) is 1.40. The number of carbonyl (C=O) groups excluding carboxylic acids is 1. The molecule has 1 N–H and O–H groups in total. The van der Waals surface area contributed by atoms with E-state index in [2.05, 4.69) is 15.5 Å². The van der Waals surface area contributed by atoms with Crippen molar-refractivity contribution in [1.29, 1.82) is 0 Å². The molecule has 2 aromatic rings. The molecule has 0 aromatic carbocycles. The molecule has 1 aliphatic rings. The second kappa shape index (κ2) is 5.98. The van der Waals surface area contributed by atoms with Gasteiger partial charge in [-0.15, -0.1) is 0 Å². The lowest BCUT2D eigenvalue weighted by molar-refractivity contribution is 0.0950. The molecule has 0 unspecified atom stereocenters. The molecule has 2 aromatic heterocycles. The van der Waals surface area contributed by atoms with Gasteiger partial charge in [-0.05, 0) is 38.3 Å². The van der Waals surface area contributed by atoms with Crippen LogP contribution in [-0.2, 0) is 13.5 Å². The van der Waals surface area contributed by atoms with Crippen molar-refractivity contribution in [2.45, 2.75) is 39.0 Å². The monoisotopic (exact) mass is 316 g/mol. The van der Waals surface area contributed by atoms with Crippen molar-refractivity contribution in [2.24, 2.45) is 7.05 Å². The molecule has 0 spiro atoms. The fraction of sp³-hybridized carbons (Fsp3) is 0.500. The van der Waals surface area contributed by atoms with Gasteiger partial charge in [-0.25, -0.2) is 0 Å². The van der Waals surface area contributed by atoms with Gasteiger partial charge >= 0.3 is 0 Å². The fourth-order valence-corrected chi connectivity index (χ4v) is 2.50. The average molecular weight is 316 g/mol. The average Bonchev–Trinajstić information content (AvgIpc) is 3.25. The van der Waals surface area contributed by atoms with E-state index in [9.17, 15) is 9.59 Å². The molecular formula is C16H20N4O3. The molecule has 1 fully saturated rings. The lowest BCUT2D eigenvalue weighted by Gasteiger charge is -2.10. The summed E-state index contributed by atoms with van der Waals surface area (Å²) in [5, 5.41) is 6.68. The number of carbonyl (C=O) groups is 1. The second-order valence-electron chi connectivity index (χ2n) is 6.03. The molecule has 0 aliphatic heterocycles. The zero-order valence-corrected chi connectivity index (χ0v) is 13.5. The second-order valence-corrected chi connectivity index (χ2v) is 6.03. The molecule has 122 valence electrons. The van der Waals surface area contributed by atoms with Crippen molar-refractivity contribution in [3.63, 3.8) is 0 Å². The van der Waals surface area contributed by atoms with Crippen LogP contribution in [0.3, 0.4) is 0 Å². The van der Waals surface area contributed by atoms with Crippen molar-refractivity contribution in [2.75, 3.05) is 6.54 Å². The first kappa shape index (κ1) is 15.5. The van der Waals surface area contributed by atoms with Gasteiger partial charge in [0.2, 0.25) is 5.89 Å². The number of pyridine rings is 1. The van der Waals surface area contributed by atoms with Gasteiger partial charge < -0.3 is 14.4 Å². The third-order valence-electron chi connectivity index (χ3n) is 4.15. The molecule has 0 atom stereocenters. The minimum absolute atomic E-state index is 0.183. The maximum absolute atomic E-state index is 12.3. The Bertz CT molecular complexity index is 802. The van der Waals surface area contributed by atoms with Gasteiger partial charge in [-0.2, -0.15) is 4.98 Å². The van der Waals surface area contributed by atoms with Crippen molar-refractivity contribution < 1.29 is 9.32 Å². The minimum atomic E-state index is -0.370. The van der Waals surface area contributed by atoms with Crippen LogP contribution >= 0.6 is 0 Å². The predicted molar refractivity (Wildman–Crippen MR) is 83.5 cm³/mol. The summed E-state index contributed by atoms with van der Waals surface area (Å²) in [7, 11) is 1.66. The van der Waals surface area contributed by atoms with Crippen LogP contribution in [0.2, 0.25) is 0 Å². The summed E-state index contributed by atoms with van der Waals surface area (Å²) >= 11 is 0. The molecule has 3 rings (SSSR count). The maximum Gasteiger partial charge on any atom is 0.263 e. The van der Waals surface area contributed by atoms with Crippen LogP contribution in [0.1, 0.15) is 52.1 Å². The third kappa shape index (κ3) is 3.18. The molecule has 1 amide bonds.